The minimum atomic E-state index is -0.241. The largest absolute Gasteiger partial charge is 0.308 e. The molecule has 0 saturated heterocycles. The smallest absolute Gasteiger partial charge is 0.146 e. The lowest BCUT2D eigenvalue weighted by molar-refractivity contribution is 0.483. The van der Waals surface area contributed by atoms with Crippen LogP contribution >= 0.6 is 0 Å². The van der Waals surface area contributed by atoms with E-state index in [1.807, 2.05) is 0 Å². The molecule has 1 N–H and O–H groups in total. The second kappa shape index (κ2) is 7.32. The Morgan fingerprint density at radius 3 is 2.67 bits per heavy atom. The van der Waals surface area contributed by atoms with E-state index in [4.69, 9.17) is 0 Å². The highest BCUT2D eigenvalue weighted by Gasteiger charge is 2.17. The fourth-order valence-electron chi connectivity index (χ4n) is 2.40. The Balaban J connectivity index is 2.24. The summed E-state index contributed by atoms with van der Waals surface area (Å²) in [7, 11) is 0. The van der Waals surface area contributed by atoms with Crippen molar-refractivity contribution in [3.05, 3.63) is 64.7 Å². The molecule has 0 bridgehead atoms. The molecule has 0 aliphatic carbocycles. The molecule has 3 heteroatoms. The second-order valence-electron chi connectivity index (χ2n) is 5.50. The summed E-state index contributed by atoms with van der Waals surface area (Å²) < 4.78 is 14.0. The summed E-state index contributed by atoms with van der Waals surface area (Å²) in [6, 6.07) is 9.43. The highest BCUT2D eigenvalue weighted by atomic mass is 19.1. The molecule has 1 aromatic carbocycles. The summed E-state index contributed by atoms with van der Waals surface area (Å²) in [6.07, 6.45) is 3.41. The van der Waals surface area contributed by atoms with Crippen LogP contribution in [0.1, 0.15) is 41.8 Å². The van der Waals surface area contributed by atoms with Crippen LogP contribution in [0.2, 0.25) is 0 Å². The first-order valence-corrected chi connectivity index (χ1v) is 7.51. The molecule has 112 valence electrons. The van der Waals surface area contributed by atoms with Crippen LogP contribution < -0.4 is 5.32 Å². The SMILES string of the molecule is CCCNC(Cc1ccc(C)c(C)c1)c1ncccc1F. The third kappa shape index (κ3) is 4.11. The van der Waals surface area contributed by atoms with Crippen molar-refractivity contribution in [1.29, 1.82) is 0 Å². The number of hydrogen-bond donors (Lipinski definition) is 1. The third-order valence-corrected chi connectivity index (χ3v) is 3.77. The van der Waals surface area contributed by atoms with Gasteiger partial charge in [-0.05, 0) is 62.1 Å². The first kappa shape index (κ1) is 15.6. The van der Waals surface area contributed by atoms with Crippen molar-refractivity contribution < 1.29 is 4.39 Å². The summed E-state index contributed by atoms with van der Waals surface area (Å²) in [5.41, 5.74) is 4.25. The Bertz CT molecular complexity index is 596. The fraction of sp³-hybridized carbons (Fsp3) is 0.389. The molecule has 1 heterocycles. The molecule has 0 saturated carbocycles. The Morgan fingerprint density at radius 1 is 1.19 bits per heavy atom. The lowest BCUT2D eigenvalue weighted by Crippen LogP contribution is -2.26. The van der Waals surface area contributed by atoms with Gasteiger partial charge in [0.2, 0.25) is 0 Å². The molecular formula is C18H23FN2. The number of aromatic nitrogens is 1. The quantitative estimate of drug-likeness (QED) is 0.864. The maximum atomic E-state index is 14.0. The molecule has 2 aromatic rings. The molecule has 0 radical (unpaired) electrons. The third-order valence-electron chi connectivity index (χ3n) is 3.77. The average molecular weight is 286 g/mol. The van der Waals surface area contributed by atoms with E-state index < -0.39 is 0 Å². The first-order chi connectivity index (χ1) is 10.1. The van der Waals surface area contributed by atoms with Gasteiger partial charge < -0.3 is 5.32 Å². The van der Waals surface area contributed by atoms with E-state index >= 15 is 0 Å². The van der Waals surface area contributed by atoms with Crippen molar-refractivity contribution >= 4 is 0 Å². The minimum Gasteiger partial charge on any atom is -0.308 e. The summed E-state index contributed by atoms with van der Waals surface area (Å²) in [4.78, 5) is 4.23. The zero-order valence-electron chi connectivity index (χ0n) is 13.0. The molecular weight excluding hydrogens is 263 g/mol. The van der Waals surface area contributed by atoms with E-state index in [2.05, 4.69) is 49.3 Å². The number of hydrogen-bond acceptors (Lipinski definition) is 2. The summed E-state index contributed by atoms with van der Waals surface area (Å²) >= 11 is 0. The first-order valence-electron chi connectivity index (χ1n) is 7.51. The number of pyridine rings is 1. The monoisotopic (exact) mass is 286 g/mol. The molecule has 0 spiro atoms. The molecule has 2 rings (SSSR count). The Hall–Kier alpha value is -1.74. The van der Waals surface area contributed by atoms with Gasteiger partial charge in [0, 0.05) is 6.20 Å². The zero-order valence-corrected chi connectivity index (χ0v) is 13.0. The number of nitrogens with zero attached hydrogens (tertiary/aromatic N) is 1. The maximum Gasteiger partial charge on any atom is 0.146 e. The minimum absolute atomic E-state index is 0.0896. The number of halogens is 1. The number of benzene rings is 1. The van der Waals surface area contributed by atoms with Crippen LogP contribution in [0.4, 0.5) is 4.39 Å². The zero-order chi connectivity index (χ0) is 15.2. The predicted molar refractivity (Wildman–Crippen MR) is 84.8 cm³/mol. The standard InChI is InChI=1S/C18H23FN2/c1-4-9-20-17(18-16(19)6-5-10-21-18)12-15-8-7-13(2)14(3)11-15/h5-8,10-11,17,20H,4,9,12H2,1-3H3. The average Bonchev–Trinajstić information content (AvgIpc) is 2.48. The van der Waals surface area contributed by atoms with Crippen LogP contribution in [0, 0.1) is 19.7 Å². The normalized spacial score (nSPS) is 12.4. The van der Waals surface area contributed by atoms with Gasteiger partial charge in [0.25, 0.3) is 0 Å². The van der Waals surface area contributed by atoms with Gasteiger partial charge in [0.15, 0.2) is 0 Å². The maximum absolute atomic E-state index is 14.0. The Kier molecular flexibility index (Phi) is 5.45. The molecule has 21 heavy (non-hydrogen) atoms. The summed E-state index contributed by atoms with van der Waals surface area (Å²) in [6.45, 7) is 7.17. The van der Waals surface area contributed by atoms with E-state index in [0.717, 1.165) is 19.4 Å². The molecule has 1 atom stereocenters. The van der Waals surface area contributed by atoms with E-state index in [1.54, 1.807) is 12.3 Å². The topological polar surface area (TPSA) is 24.9 Å². The Labute approximate surface area is 126 Å². The van der Waals surface area contributed by atoms with Gasteiger partial charge in [-0.2, -0.15) is 0 Å². The van der Waals surface area contributed by atoms with Crippen LogP contribution in [0.15, 0.2) is 36.5 Å². The van der Waals surface area contributed by atoms with Crippen molar-refractivity contribution in [2.24, 2.45) is 0 Å². The molecule has 0 amide bonds. The summed E-state index contributed by atoms with van der Waals surface area (Å²) in [5, 5.41) is 3.41. The van der Waals surface area contributed by atoms with Crippen LogP contribution in [0.3, 0.4) is 0 Å². The molecule has 1 unspecified atom stereocenters. The van der Waals surface area contributed by atoms with E-state index in [-0.39, 0.29) is 11.9 Å². The highest BCUT2D eigenvalue weighted by Crippen LogP contribution is 2.21. The Morgan fingerprint density at radius 2 is 2.00 bits per heavy atom. The van der Waals surface area contributed by atoms with Crippen molar-refractivity contribution in [1.82, 2.24) is 10.3 Å². The van der Waals surface area contributed by atoms with Gasteiger partial charge in [-0.3, -0.25) is 4.98 Å². The summed E-state index contributed by atoms with van der Waals surface area (Å²) in [5.74, 6) is -0.241. The van der Waals surface area contributed by atoms with Crippen LogP contribution in [-0.2, 0) is 6.42 Å². The fourth-order valence-corrected chi connectivity index (χ4v) is 2.40. The van der Waals surface area contributed by atoms with Crippen molar-refractivity contribution in [3.8, 4) is 0 Å². The van der Waals surface area contributed by atoms with Gasteiger partial charge in [-0.25, -0.2) is 4.39 Å². The van der Waals surface area contributed by atoms with E-state index in [9.17, 15) is 4.39 Å². The van der Waals surface area contributed by atoms with Gasteiger partial charge in [-0.1, -0.05) is 25.1 Å². The van der Waals surface area contributed by atoms with E-state index in [0.29, 0.717) is 5.69 Å². The highest BCUT2D eigenvalue weighted by molar-refractivity contribution is 5.31. The predicted octanol–water partition coefficient (Wildman–Crippen LogP) is 4.12. The van der Waals surface area contributed by atoms with E-state index in [1.165, 1.54) is 22.8 Å². The van der Waals surface area contributed by atoms with Crippen LogP contribution in [0.5, 0.6) is 0 Å². The van der Waals surface area contributed by atoms with Crippen LogP contribution in [0.25, 0.3) is 0 Å². The molecule has 2 nitrogen and oxygen atoms in total. The number of nitrogens with one attached hydrogen (secondary N) is 1. The number of rotatable bonds is 6. The van der Waals surface area contributed by atoms with Gasteiger partial charge in [0.1, 0.15) is 5.82 Å². The molecule has 0 fully saturated rings. The number of aryl methyl sites for hydroxylation is 2. The van der Waals surface area contributed by atoms with Gasteiger partial charge in [-0.15, -0.1) is 0 Å². The van der Waals surface area contributed by atoms with Crippen molar-refractivity contribution in [3.63, 3.8) is 0 Å². The van der Waals surface area contributed by atoms with Gasteiger partial charge in [0.05, 0.1) is 11.7 Å². The molecule has 0 aliphatic rings. The van der Waals surface area contributed by atoms with Crippen molar-refractivity contribution in [2.75, 3.05) is 6.54 Å². The molecule has 1 aromatic heterocycles. The lowest BCUT2D eigenvalue weighted by Gasteiger charge is -2.19. The van der Waals surface area contributed by atoms with Gasteiger partial charge >= 0.3 is 0 Å². The van der Waals surface area contributed by atoms with Crippen molar-refractivity contribution in [2.45, 2.75) is 39.7 Å². The molecule has 0 aliphatic heterocycles. The van der Waals surface area contributed by atoms with Crippen LogP contribution in [-0.4, -0.2) is 11.5 Å². The second-order valence-corrected chi connectivity index (χ2v) is 5.50. The lowest BCUT2D eigenvalue weighted by atomic mass is 9.98.